The van der Waals surface area contributed by atoms with Crippen molar-refractivity contribution in [2.75, 3.05) is 6.54 Å². The van der Waals surface area contributed by atoms with Crippen LogP contribution in [0.5, 0.6) is 0 Å². The third-order valence-electron chi connectivity index (χ3n) is 2.91. The molecule has 1 aromatic rings. The van der Waals surface area contributed by atoms with Crippen molar-refractivity contribution in [3.05, 3.63) is 35.4 Å². The summed E-state index contributed by atoms with van der Waals surface area (Å²) < 4.78 is 0. The van der Waals surface area contributed by atoms with Crippen molar-refractivity contribution in [2.45, 2.75) is 45.4 Å². The fraction of sp³-hybridized carbons (Fsp3) is 0.571. The molecule has 0 fully saturated rings. The highest BCUT2D eigenvalue weighted by Crippen LogP contribution is 2.21. The fourth-order valence-corrected chi connectivity index (χ4v) is 1.96. The second-order valence-corrected chi connectivity index (χ2v) is 4.33. The van der Waals surface area contributed by atoms with E-state index >= 15 is 0 Å². The molecule has 2 N–H and O–H groups in total. The van der Waals surface area contributed by atoms with Gasteiger partial charge in [-0.1, -0.05) is 44.5 Å². The van der Waals surface area contributed by atoms with Gasteiger partial charge >= 0.3 is 0 Å². The van der Waals surface area contributed by atoms with Gasteiger partial charge in [0.1, 0.15) is 0 Å². The molecule has 1 aromatic carbocycles. The normalized spacial score (nSPS) is 12.7. The number of rotatable bonds is 6. The van der Waals surface area contributed by atoms with Crippen molar-refractivity contribution in [3.63, 3.8) is 0 Å². The molecule has 1 heteroatoms. The molecule has 84 valence electrons. The molecule has 0 radical (unpaired) electrons. The Morgan fingerprint density at radius 2 is 2.13 bits per heavy atom. The van der Waals surface area contributed by atoms with E-state index in [2.05, 4.69) is 38.1 Å². The molecule has 0 aliphatic rings. The summed E-state index contributed by atoms with van der Waals surface area (Å²) in [4.78, 5) is 0. The minimum Gasteiger partial charge on any atom is -0.330 e. The van der Waals surface area contributed by atoms with Gasteiger partial charge in [0, 0.05) is 0 Å². The number of hydrogen-bond donors (Lipinski definition) is 1. The maximum absolute atomic E-state index is 5.52. The standard InChI is InChI=1S/C14H23N/c1-3-6-12(2)14-9-4-7-13(11-14)8-5-10-15/h4,7,9,11-12H,3,5-6,8,10,15H2,1-2H3. The molecule has 0 aliphatic heterocycles. The lowest BCUT2D eigenvalue weighted by atomic mass is 9.94. The van der Waals surface area contributed by atoms with Crippen LogP contribution in [0.4, 0.5) is 0 Å². The Bertz CT molecular complexity index is 280. The molecule has 0 saturated heterocycles. The highest BCUT2D eigenvalue weighted by atomic mass is 14.5. The Balaban J connectivity index is 2.64. The van der Waals surface area contributed by atoms with Gasteiger partial charge in [-0.15, -0.1) is 0 Å². The van der Waals surface area contributed by atoms with Gasteiger partial charge < -0.3 is 5.73 Å². The van der Waals surface area contributed by atoms with Crippen molar-refractivity contribution in [3.8, 4) is 0 Å². The van der Waals surface area contributed by atoms with E-state index in [1.165, 1.54) is 24.0 Å². The van der Waals surface area contributed by atoms with Crippen molar-refractivity contribution >= 4 is 0 Å². The molecule has 0 heterocycles. The average Bonchev–Trinajstić information content (AvgIpc) is 2.27. The van der Waals surface area contributed by atoms with E-state index in [1.807, 2.05) is 0 Å². The van der Waals surface area contributed by atoms with Crippen LogP contribution in [0, 0.1) is 0 Å². The number of nitrogens with two attached hydrogens (primary N) is 1. The first-order chi connectivity index (χ1) is 7.27. The second-order valence-electron chi connectivity index (χ2n) is 4.33. The third-order valence-corrected chi connectivity index (χ3v) is 2.91. The lowest BCUT2D eigenvalue weighted by molar-refractivity contribution is 0.663. The van der Waals surface area contributed by atoms with Crippen LogP contribution in [0.2, 0.25) is 0 Å². The molecule has 15 heavy (non-hydrogen) atoms. The van der Waals surface area contributed by atoms with E-state index in [4.69, 9.17) is 5.73 Å². The summed E-state index contributed by atoms with van der Waals surface area (Å²) in [6.45, 7) is 5.34. The van der Waals surface area contributed by atoms with Crippen LogP contribution in [0.3, 0.4) is 0 Å². The lowest BCUT2D eigenvalue weighted by Gasteiger charge is -2.11. The number of aryl methyl sites for hydroxylation is 1. The van der Waals surface area contributed by atoms with E-state index in [9.17, 15) is 0 Å². The van der Waals surface area contributed by atoms with Crippen molar-refractivity contribution in [1.29, 1.82) is 0 Å². The predicted octanol–water partition coefficient (Wildman–Crippen LogP) is 3.48. The van der Waals surface area contributed by atoms with Crippen molar-refractivity contribution in [2.24, 2.45) is 5.73 Å². The van der Waals surface area contributed by atoms with E-state index in [0.717, 1.165) is 19.4 Å². The zero-order chi connectivity index (χ0) is 11.1. The lowest BCUT2D eigenvalue weighted by Crippen LogP contribution is -2.01. The highest BCUT2D eigenvalue weighted by Gasteiger charge is 2.04. The van der Waals surface area contributed by atoms with Gasteiger partial charge in [0.05, 0.1) is 0 Å². The fourth-order valence-electron chi connectivity index (χ4n) is 1.96. The van der Waals surface area contributed by atoms with Gasteiger partial charge in [0.2, 0.25) is 0 Å². The topological polar surface area (TPSA) is 26.0 Å². The van der Waals surface area contributed by atoms with E-state index in [-0.39, 0.29) is 0 Å². The monoisotopic (exact) mass is 205 g/mol. The first-order valence-electron chi connectivity index (χ1n) is 6.06. The van der Waals surface area contributed by atoms with Gasteiger partial charge in [0.15, 0.2) is 0 Å². The van der Waals surface area contributed by atoms with Crippen molar-refractivity contribution < 1.29 is 0 Å². The number of hydrogen-bond acceptors (Lipinski definition) is 1. The van der Waals surface area contributed by atoms with Crippen LogP contribution in [0.25, 0.3) is 0 Å². The summed E-state index contributed by atoms with van der Waals surface area (Å²) in [6, 6.07) is 8.97. The molecule has 0 amide bonds. The van der Waals surface area contributed by atoms with Crippen molar-refractivity contribution in [1.82, 2.24) is 0 Å². The van der Waals surface area contributed by atoms with Gasteiger partial charge in [0.25, 0.3) is 0 Å². The van der Waals surface area contributed by atoms with E-state index < -0.39 is 0 Å². The number of benzene rings is 1. The summed E-state index contributed by atoms with van der Waals surface area (Å²) in [5, 5.41) is 0. The Kier molecular flexibility index (Phi) is 5.41. The van der Waals surface area contributed by atoms with Gasteiger partial charge in [-0.3, -0.25) is 0 Å². The van der Waals surface area contributed by atoms with Crippen LogP contribution in [-0.2, 0) is 6.42 Å². The molecule has 1 nitrogen and oxygen atoms in total. The summed E-state index contributed by atoms with van der Waals surface area (Å²) in [7, 11) is 0. The van der Waals surface area contributed by atoms with Gasteiger partial charge in [-0.2, -0.15) is 0 Å². The highest BCUT2D eigenvalue weighted by molar-refractivity contribution is 5.26. The van der Waals surface area contributed by atoms with Crippen LogP contribution in [-0.4, -0.2) is 6.54 Å². The zero-order valence-corrected chi connectivity index (χ0v) is 10.00. The molecule has 0 aromatic heterocycles. The second kappa shape index (κ2) is 6.62. The first kappa shape index (κ1) is 12.3. The van der Waals surface area contributed by atoms with E-state index in [1.54, 1.807) is 0 Å². The van der Waals surface area contributed by atoms with Crippen LogP contribution < -0.4 is 5.73 Å². The summed E-state index contributed by atoms with van der Waals surface area (Å²) in [5.41, 5.74) is 8.43. The van der Waals surface area contributed by atoms with Crippen LogP contribution in [0.1, 0.15) is 50.2 Å². The Morgan fingerprint density at radius 3 is 2.80 bits per heavy atom. The molecule has 1 unspecified atom stereocenters. The molecular weight excluding hydrogens is 182 g/mol. The third kappa shape index (κ3) is 4.05. The maximum Gasteiger partial charge on any atom is -0.00741 e. The SMILES string of the molecule is CCCC(C)c1cccc(CCCN)c1. The molecule has 0 bridgehead atoms. The smallest absolute Gasteiger partial charge is 0.00741 e. The molecule has 0 aliphatic carbocycles. The van der Waals surface area contributed by atoms with Gasteiger partial charge in [-0.25, -0.2) is 0 Å². The Morgan fingerprint density at radius 1 is 1.33 bits per heavy atom. The van der Waals surface area contributed by atoms with Gasteiger partial charge in [-0.05, 0) is 42.9 Å². The molecule has 1 rings (SSSR count). The average molecular weight is 205 g/mol. The summed E-state index contributed by atoms with van der Waals surface area (Å²) in [5.74, 6) is 0.688. The predicted molar refractivity (Wildman–Crippen MR) is 67.1 cm³/mol. The van der Waals surface area contributed by atoms with E-state index in [0.29, 0.717) is 5.92 Å². The molecule has 1 atom stereocenters. The van der Waals surface area contributed by atoms with Crippen LogP contribution in [0.15, 0.2) is 24.3 Å². The molecule has 0 saturated carbocycles. The quantitative estimate of drug-likeness (QED) is 0.756. The summed E-state index contributed by atoms with van der Waals surface area (Å²) in [6.07, 6.45) is 4.74. The zero-order valence-electron chi connectivity index (χ0n) is 10.00. The first-order valence-corrected chi connectivity index (χ1v) is 6.06. The molecular formula is C14H23N. The maximum atomic E-state index is 5.52. The minimum absolute atomic E-state index is 0.688. The Labute approximate surface area is 93.7 Å². The largest absolute Gasteiger partial charge is 0.330 e. The van der Waals surface area contributed by atoms with Crippen LogP contribution >= 0.6 is 0 Å². The Hall–Kier alpha value is -0.820. The minimum atomic E-state index is 0.688. The molecule has 0 spiro atoms. The summed E-state index contributed by atoms with van der Waals surface area (Å²) >= 11 is 0.